The summed E-state index contributed by atoms with van der Waals surface area (Å²) in [7, 11) is 0. The van der Waals surface area contributed by atoms with Crippen LogP contribution in [0.25, 0.3) is 0 Å². The molecule has 1 atom stereocenters. The summed E-state index contributed by atoms with van der Waals surface area (Å²) in [6.07, 6.45) is -4.62. The van der Waals surface area contributed by atoms with Gasteiger partial charge in [0.1, 0.15) is 5.69 Å². The van der Waals surface area contributed by atoms with E-state index in [-0.39, 0.29) is 19.0 Å². The summed E-state index contributed by atoms with van der Waals surface area (Å²) in [6.45, 7) is 1.22. The van der Waals surface area contributed by atoms with Gasteiger partial charge >= 0.3 is 6.18 Å². The Morgan fingerprint density at radius 2 is 1.86 bits per heavy atom. The highest BCUT2D eigenvalue weighted by molar-refractivity contribution is 5.96. The van der Waals surface area contributed by atoms with Gasteiger partial charge in [-0.05, 0) is 35.6 Å². The summed E-state index contributed by atoms with van der Waals surface area (Å²) < 4.78 is 38.4. The van der Waals surface area contributed by atoms with Crippen molar-refractivity contribution in [3.8, 4) is 0 Å². The zero-order valence-electron chi connectivity index (χ0n) is 15.1. The van der Waals surface area contributed by atoms with Crippen molar-refractivity contribution >= 4 is 5.91 Å². The molecule has 0 fully saturated rings. The summed E-state index contributed by atoms with van der Waals surface area (Å²) in [5.41, 5.74) is 4.27. The molecule has 1 aromatic carbocycles. The maximum absolute atomic E-state index is 12.8. The lowest BCUT2D eigenvalue weighted by molar-refractivity contribution is -0.249. The van der Waals surface area contributed by atoms with E-state index in [1.165, 1.54) is 0 Å². The lowest BCUT2D eigenvalue weighted by Gasteiger charge is -2.27. The van der Waals surface area contributed by atoms with Crippen LogP contribution in [0.3, 0.4) is 0 Å². The van der Waals surface area contributed by atoms with Gasteiger partial charge in [0.05, 0.1) is 0 Å². The van der Waals surface area contributed by atoms with Gasteiger partial charge in [0, 0.05) is 37.9 Å². The Labute approximate surface area is 160 Å². The molecule has 0 spiro atoms. The second-order valence-electron chi connectivity index (χ2n) is 7.23. The van der Waals surface area contributed by atoms with E-state index in [2.05, 4.69) is 4.98 Å². The van der Waals surface area contributed by atoms with Crippen LogP contribution in [-0.4, -0.2) is 51.3 Å². The fourth-order valence-corrected chi connectivity index (χ4v) is 3.88. The number of alkyl halides is 3. The van der Waals surface area contributed by atoms with Gasteiger partial charge < -0.3 is 10.0 Å². The van der Waals surface area contributed by atoms with Gasteiger partial charge in [-0.15, -0.1) is 0 Å². The van der Waals surface area contributed by atoms with Crippen LogP contribution in [0.4, 0.5) is 13.2 Å². The van der Waals surface area contributed by atoms with Crippen LogP contribution < -0.4 is 0 Å². The number of carbonyl (C=O) groups is 1. The lowest BCUT2D eigenvalue weighted by atomic mass is 10.00. The highest BCUT2D eigenvalue weighted by Gasteiger charge is 2.42. The van der Waals surface area contributed by atoms with E-state index < -0.39 is 12.4 Å². The van der Waals surface area contributed by atoms with Crippen molar-refractivity contribution < 1.29 is 23.1 Å². The number of amides is 1. The Bertz CT molecular complexity index is 901. The van der Waals surface area contributed by atoms with Gasteiger partial charge in [0.15, 0.2) is 0 Å². The molecule has 0 saturated heterocycles. The van der Waals surface area contributed by atoms with Crippen molar-refractivity contribution in [1.82, 2.24) is 14.8 Å². The zero-order valence-corrected chi connectivity index (χ0v) is 15.1. The Balaban J connectivity index is 1.46. The topological polar surface area (TPSA) is 56.7 Å². The number of aromatic nitrogens is 1. The van der Waals surface area contributed by atoms with Crippen molar-refractivity contribution in [2.75, 3.05) is 13.1 Å². The van der Waals surface area contributed by atoms with Gasteiger partial charge in [0.25, 0.3) is 5.91 Å². The molecule has 8 heteroatoms. The minimum absolute atomic E-state index is 0.106. The molecule has 0 radical (unpaired) electrons. The number of hydrogen-bond acceptors (Lipinski definition) is 4. The monoisotopic (exact) mass is 391 g/mol. The first-order valence-corrected chi connectivity index (χ1v) is 9.15. The maximum atomic E-state index is 12.8. The van der Waals surface area contributed by atoms with E-state index in [1.807, 2.05) is 24.3 Å². The molecule has 4 rings (SSSR count). The first-order chi connectivity index (χ1) is 13.3. The molecular weight excluding hydrogens is 371 g/mol. The molecule has 0 saturated carbocycles. The van der Waals surface area contributed by atoms with E-state index >= 15 is 0 Å². The predicted molar refractivity (Wildman–Crippen MR) is 95.3 cm³/mol. The molecule has 1 N–H and O–H groups in total. The van der Waals surface area contributed by atoms with E-state index in [0.29, 0.717) is 31.6 Å². The molecule has 28 heavy (non-hydrogen) atoms. The van der Waals surface area contributed by atoms with Gasteiger partial charge in [-0.25, -0.2) is 0 Å². The number of carbonyl (C=O) groups excluding carboxylic acids is 1. The first-order valence-electron chi connectivity index (χ1n) is 9.15. The van der Waals surface area contributed by atoms with Crippen LogP contribution in [0, 0.1) is 0 Å². The van der Waals surface area contributed by atoms with Crippen LogP contribution in [0.5, 0.6) is 0 Å². The second kappa shape index (κ2) is 7.18. The Kier molecular flexibility index (Phi) is 4.84. The second-order valence-corrected chi connectivity index (χ2v) is 7.23. The third-order valence-electron chi connectivity index (χ3n) is 5.36. The number of fused-ring (bicyclic) bond motifs is 2. The van der Waals surface area contributed by atoms with Gasteiger partial charge in [-0.1, -0.05) is 24.3 Å². The number of benzene rings is 1. The molecule has 1 amide bonds. The van der Waals surface area contributed by atoms with E-state index in [1.54, 1.807) is 17.2 Å². The summed E-state index contributed by atoms with van der Waals surface area (Å²) in [4.78, 5) is 19.4. The van der Waals surface area contributed by atoms with Gasteiger partial charge in [-0.3, -0.25) is 14.7 Å². The minimum Gasteiger partial charge on any atom is -0.370 e. The SMILES string of the molecule is O=C1c2ncccc2CN1Cc1ccc2c(c1)CCN(C(O)C(F)(F)F)CC2. The van der Waals surface area contributed by atoms with Crippen LogP contribution in [0.2, 0.25) is 0 Å². The number of rotatable bonds is 3. The molecule has 1 aromatic heterocycles. The summed E-state index contributed by atoms with van der Waals surface area (Å²) in [5.74, 6) is -0.106. The molecule has 2 aliphatic rings. The van der Waals surface area contributed by atoms with Crippen molar-refractivity contribution in [2.45, 2.75) is 38.3 Å². The smallest absolute Gasteiger partial charge is 0.370 e. The third kappa shape index (κ3) is 3.62. The molecule has 2 aromatic rings. The molecule has 3 heterocycles. The average molecular weight is 391 g/mol. The van der Waals surface area contributed by atoms with Gasteiger partial charge in [-0.2, -0.15) is 13.2 Å². The molecular formula is C20H20F3N3O2. The highest BCUT2D eigenvalue weighted by atomic mass is 19.4. The lowest BCUT2D eigenvalue weighted by Crippen LogP contribution is -2.46. The van der Waals surface area contributed by atoms with E-state index in [4.69, 9.17) is 0 Å². The number of nitrogens with zero attached hydrogens (tertiary/aromatic N) is 3. The molecule has 1 unspecified atom stereocenters. The van der Waals surface area contributed by atoms with Crippen molar-refractivity contribution in [1.29, 1.82) is 0 Å². The normalized spacial score (nSPS) is 18.6. The standard InChI is InChI=1S/C20H20F3N3O2/c21-20(22,23)19(28)25-8-5-14-4-3-13(10-15(14)6-9-25)11-26-12-16-2-1-7-24-17(16)18(26)27/h1-4,7,10,19,28H,5-6,8-9,11-12H2. The van der Waals surface area contributed by atoms with Crippen molar-refractivity contribution in [3.63, 3.8) is 0 Å². The number of aliphatic hydroxyl groups excluding tert-OH is 1. The number of hydrogen-bond donors (Lipinski definition) is 1. The Morgan fingerprint density at radius 1 is 1.11 bits per heavy atom. The molecule has 0 bridgehead atoms. The highest BCUT2D eigenvalue weighted by Crippen LogP contribution is 2.27. The van der Waals surface area contributed by atoms with Crippen molar-refractivity contribution in [2.24, 2.45) is 0 Å². The summed E-state index contributed by atoms with van der Waals surface area (Å²) in [5, 5.41) is 9.52. The van der Waals surface area contributed by atoms with Crippen molar-refractivity contribution in [3.05, 3.63) is 64.5 Å². The average Bonchev–Trinajstić information content (AvgIpc) is 2.84. The van der Waals surface area contributed by atoms with Gasteiger partial charge in [0.2, 0.25) is 6.23 Å². The zero-order chi connectivity index (χ0) is 19.9. The van der Waals surface area contributed by atoms with Crippen LogP contribution in [0.15, 0.2) is 36.5 Å². The van der Waals surface area contributed by atoms with E-state index in [9.17, 15) is 23.1 Å². The number of halogens is 3. The number of pyridine rings is 1. The third-order valence-corrected chi connectivity index (χ3v) is 5.36. The molecule has 148 valence electrons. The van der Waals surface area contributed by atoms with Crippen LogP contribution in [0.1, 0.15) is 32.7 Å². The summed E-state index contributed by atoms with van der Waals surface area (Å²) in [6, 6.07) is 9.48. The van der Waals surface area contributed by atoms with Crippen LogP contribution >= 0.6 is 0 Å². The Morgan fingerprint density at radius 3 is 2.57 bits per heavy atom. The molecule has 5 nitrogen and oxygen atoms in total. The maximum Gasteiger partial charge on any atom is 0.428 e. The fraction of sp³-hybridized carbons (Fsp3) is 0.400. The quantitative estimate of drug-likeness (QED) is 0.874. The molecule has 0 aliphatic carbocycles. The summed E-state index contributed by atoms with van der Waals surface area (Å²) >= 11 is 0. The Hall–Kier alpha value is -2.45. The fourth-order valence-electron chi connectivity index (χ4n) is 3.88. The van der Waals surface area contributed by atoms with E-state index in [0.717, 1.165) is 27.2 Å². The molecule has 2 aliphatic heterocycles. The number of aliphatic hydroxyl groups is 1. The largest absolute Gasteiger partial charge is 0.428 e. The van der Waals surface area contributed by atoms with Crippen LogP contribution in [-0.2, 0) is 25.9 Å². The predicted octanol–water partition coefficient (Wildman–Crippen LogP) is 2.52. The minimum atomic E-state index is -4.65. The first kappa shape index (κ1) is 18.9.